The van der Waals surface area contributed by atoms with Gasteiger partial charge in [0.05, 0.1) is 28.5 Å². The summed E-state index contributed by atoms with van der Waals surface area (Å²) in [6, 6.07) is 15.4. The number of pyridine rings is 1. The van der Waals surface area contributed by atoms with Gasteiger partial charge in [0, 0.05) is 29.4 Å². The third kappa shape index (κ3) is 5.41. The Morgan fingerprint density at radius 3 is 2.75 bits per heavy atom. The first-order chi connectivity index (χ1) is 15.6. The van der Waals surface area contributed by atoms with Crippen LogP contribution in [0.15, 0.2) is 76.3 Å². The van der Waals surface area contributed by atoms with Gasteiger partial charge >= 0.3 is 0 Å². The summed E-state index contributed by atoms with van der Waals surface area (Å²) < 4.78 is 37.9. The molecule has 1 atom stereocenters. The number of nitrogens with one attached hydrogen (secondary N) is 1. The highest BCUT2D eigenvalue weighted by molar-refractivity contribution is 7.84. The minimum Gasteiger partial charge on any atom is -0.493 e. The molecule has 166 valence electrons. The molecule has 2 heterocycles. The van der Waals surface area contributed by atoms with E-state index in [1.165, 1.54) is 12.1 Å². The summed E-state index contributed by atoms with van der Waals surface area (Å²) in [7, 11) is -1.33. The molecule has 0 aliphatic heterocycles. The number of ether oxygens (including phenoxy) is 1. The zero-order valence-corrected chi connectivity index (χ0v) is 18.7. The highest BCUT2D eigenvalue weighted by Crippen LogP contribution is 2.34. The van der Waals surface area contributed by atoms with Crippen LogP contribution in [0.25, 0.3) is 11.0 Å². The van der Waals surface area contributed by atoms with E-state index in [0.29, 0.717) is 22.8 Å². The second kappa shape index (κ2) is 10.5. The lowest BCUT2D eigenvalue weighted by molar-refractivity contribution is 0.311. The fraction of sp³-hybridized carbons (Fsp3) is 0.240. The summed E-state index contributed by atoms with van der Waals surface area (Å²) in [5.41, 5.74) is 2.78. The van der Waals surface area contributed by atoms with Crippen LogP contribution < -0.4 is 10.1 Å². The zero-order valence-electron chi connectivity index (χ0n) is 17.8. The van der Waals surface area contributed by atoms with E-state index in [1.807, 2.05) is 43.5 Å². The molecule has 0 fully saturated rings. The molecule has 4 aromatic rings. The summed E-state index contributed by atoms with van der Waals surface area (Å²) in [5.74, 6) is 1.29. The summed E-state index contributed by atoms with van der Waals surface area (Å²) in [6.45, 7) is 4.13. The molecule has 0 aliphatic rings. The number of furan rings is 1. The van der Waals surface area contributed by atoms with Crippen LogP contribution in [0.5, 0.6) is 5.75 Å². The number of rotatable bonds is 10. The van der Waals surface area contributed by atoms with E-state index in [2.05, 4.69) is 10.3 Å². The van der Waals surface area contributed by atoms with Gasteiger partial charge in [0.2, 0.25) is 0 Å². The average molecular weight is 453 g/mol. The molecule has 0 saturated carbocycles. The SMILES string of the molecule is Cc1c(CS(=O)c2ccc(F)cc2)oc2cccc(OCCCNCc3cccnc3)c12. The molecule has 0 bridgehead atoms. The van der Waals surface area contributed by atoms with Gasteiger partial charge < -0.3 is 14.5 Å². The number of halogens is 1. The summed E-state index contributed by atoms with van der Waals surface area (Å²) >= 11 is 0. The van der Waals surface area contributed by atoms with Crippen molar-refractivity contribution in [2.75, 3.05) is 13.2 Å². The number of hydrogen-bond acceptors (Lipinski definition) is 5. The number of aryl methyl sites for hydroxylation is 1. The third-order valence-corrected chi connectivity index (χ3v) is 6.48. The van der Waals surface area contributed by atoms with E-state index < -0.39 is 10.8 Å². The maximum absolute atomic E-state index is 13.1. The van der Waals surface area contributed by atoms with Crippen LogP contribution in [0.1, 0.15) is 23.3 Å². The van der Waals surface area contributed by atoms with Crippen LogP contribution >= 0.6 is 0 Å². The fourth-order valence-corrected chi connectivity index (χ4v) is 4.60. The van der Waals surface area contributed by atoms with Gasteiger partial charge in [-0.15, -0.1) is 0 Å². The van der Waals surface area contributed by atoms with E-state index in [-0.39, 0.29) is 11.6 Å². The predicted molar refractivity (Wildman–Crippen MR) is 124 cm³/mol. The van der Waals surface area contributed by atoms with Crippen LogP contribution in [-0.2, 0) is 23.1 Å². The van der Waals surface area contributed by atoms with Crippen molar-refractivity contribution in [2.45, 2.75) is 30.5 Å². The van der Waals surface area contributed by atoms with E-state index in [0.717, 1.165) is 41.8 Å². The molecule has 0 spiro atoms. The third-order valence-electron chi connectivity index (χ3n) is 5.16. The molecular formula is C25H25FN2O3S. The molecule has 1 N–H and O–H groups in total. The van der Waals surface area contributed by atoms with Gasteiger partial charge in [-0.2, -0.15) is 0 Å². The van der Waals surface area contributed by atoms with Gasteiger partial charge in [-0.05, 0) is 67.9 Å². The monoisotopic (exact) mass is 452 g/mol. The average Bonchev–Trinajstić information content (AvgIpc) is 3.13. The lowest BCUT2D eigenvalue weighted by atomic mass is 10.1. The maximum Gasteiger partial charge on any atom is 0.138 e. The van der Waals surface area contributed by atoms with E-state index >= 15 is 0 Å². The molecule has 4 rings (SSSR count). The second-order valence-electron chi connectivity index (χ2n) is 7.46. The first-order valence-corrected chi connectivity index (χ1v) is 11.8. The molecular weight excluding hydrogens is 427 g/mol. The van der Waals surface area contributed by atoms with Gasteiger partial charge in [-0.3, -0.25) is 9.19 Å². The Balaban J connectivity index is 1.36. The van der Waals surface area contributed by atoms with Gasteiger partial charge in [-0.1, -0.05) is 12.1 Å². The molecule has 0 saturated heterocycles. The first kappa shape index (κ1) is 22.2. The Bertz CT molecular complexity index is 1190. The Hall–Kier alpha value is -3.03. The molecule has 7 heteroatoms. The molecule has 5 nitrogen and oxygen atoms in total. The summed E-state index contributed by atoms with van der Waals surface area (Å²) in [4.78, 5) is 4.68. The predicted octanol–water partition coefficient (Wildman–Crippen LogP) is 5.14. The molecule has 1 unspecified atom stereocenters. The minimum atomic E-state index is -1.33. The fourth-order valence-electron chi connectivity index (χ4n) is 3.48. The normalized spacial score (nSPS) is 12.2. The van der Waals surface area contributed by atoms with Gasteiger partial charge in [-0.25, -0.2) is 4.39 Å². The lowest BCUT2D eigenvalue weighted by Crippen LogP contribution is -2.17. The molecule has 32 heavy (non-hydrogen) atoms. The number of fused-ring (bicyclic) bond motifs is 1. The largest absolute Gasteiger partial charge is 0.493 e. The standard InChI is InChI=1S/C25H25FN2O3S/c1-18-24(17-32(29)21-10-8-20(26)9-11-21)31-23-7-2-6-22(25(18)23)30-14-4-13-28-16-19-5-3-12-27-15-19/h2-3,5-12,15,28H,4,13-14,16-17H2,1H3. The van der Waals surface area contributed by atoms with Crippen molar-refractivity contribution in [1.29, 1.82) is 0 Å². The van der Waals surface area contributed by atoms with Gasteiger partial charge in [0.1, 0.15) is 22.9 Å². The quantitative estimate of drug-likeness (QED) is 0.338. The van der Waals surface area contributed by atoms with Crippen LogP contribution in [0.4, 0.5) is 4.39 Å². The minimum absolute atomic E-state index is 0.226. The number of benzene rings is 2. The van der Waals surface area contributed by atoms with Crippen molar-refractivity contribution in [2.24, 2.45) is 0 Å². The van der Waals surface area contributed by atoms with Crippen molar-refractivity contribution >= 4 is 21.8 Å². The maximum atomic E-state index is 13.1. The Kier molecular flexibility index (Phi) is 7.29. The van der Waals surface area contributed by atoms with Crippen LogP contribution in [0, 0.1) is 12.7 Å². The smallest absolute Gasteiger partial charge is 0.138 e. The summed E-state index contributed by atoms with van der Waals surface area (Å²) in [6.07, 6.45) is 4.48. The number of hydrogen-bond donors (Lipinski definition) is 1. The second-order valence-corrected chi connectivity index (χ2v) is 8.91. The zero-order chi connectivity index (χ0) is 22.3. The van der Waals surface area contributed by atoms with Crippen molar-refractivity contribution in [3.05, 3.63) is 89.7 Å². The van der Waals surface area contributed by atoms with Crippen molar-refractivity contribution in [3.8, 4) is 5.75 Å². The van der Waals surface area contributed by atoms with Gasteiger partial charge in [0.25, 0.3) is 0 Å². The van der Waals surface area contributed by atoms with Crippen LogP contribution in [0.3, 0.4) is 0 Å². The van der Waals surface area contributed by atoms with E-state index in [4.69, 9.17) is 9.15 Å². The number of nitrogens with zero attached hydrogens (tertiary/aromatic N) is 1. The lowest BCUT2D eigenvalue weighted by Gasteiger charge is -2.08. The number of aromatic nitrogens is 1. The topological polar surface area (TPSA) is 64.4 Å². The highest BCUT2D eigenvalue weighted by Gasteiger charge is 2.17. The van der Waals surface area contributed by atoms with Crippen molar-refractivity contribution in [1.82, 2.24) is 10.3 Å². The molecule has 0 aliphatic carbocycles. The van der Waals surface area contributed by atoms with Crippen molar-refractivity contribution in [3.63, 3.8) is 0 Å². The Morgan fingerprint density at radius 2 is 1.97 bits per heavy atom. The molecule has 0 amide bonds. The van der Waals surface area contributed by atoms with Crippen LogP contribution in [-0.4, -0.2) is 22.3 Å². The van der Waals surface area contributed by atoms with Gasteiger partial charge in [0.15, 0.2) is 0 Å². The van der Waals surface area contributed by atoms with Crippen molar-refractivity contribution < 1.29 is 17.8 Å². The molecule has 0 radical (unpaired) electrons. The molecule has 2 aromatic heterocycles. The Labute approximate surface area is 189 Å². The first-order valence-electron chi connectivity index (χ1n) is 10.5. The van der Waals surface area contributed by atoms with Crippen LogP contribution in [0.2, 0.25) is 0 Å². The molecule has 2 aromatic carbocycles. The highest BCUT2D eigenvalue weighted by atomic mass is 32.2. The van der Waals surface area contributed by atoms with E-state index in [1.54, 1.807) is 18.3 Å². The Morgan fingerprint density at radius 1 is 1.12 bits per heavy atom. The summed E-state index contributed by atoms with van der Waals surface area (Å²) in [5, 5.41) is 4.29. The van der Waals surface area contributed by atoms with E-state index in [9.17, 15) is 8.60 Å².